The highest BCUT2D eigenvalue weighted by molar-refractivity contribution is 7.91. The fourth-order valence-corrected chi connectivity index (χ4v) is 3.86. The Labute approximate surface area is 133 Å². The largest absolute Gasteiger partial charge is 0.493 e. The fraction of sp³-hybridized carbons (Fsp3) is 0.647. The molecule has 5 heteroatoms. The minimum atomic E-state index is -2.97. The van der Waals surface area contributed by atoms with Crippen LogP contribution in [0.15, 0.2) is 24.3 Å². The molecule has 0 spiro atoms. The Bertz CT molecular complexity index is 563. The van der Waals surface area contributed by atoms with Crippen molar-refractivity contribution in [2.24, 2.45) is 11.8 Å². The van der Waals surface area contributed by atoms with Gasteiger partial charge in [-0.15, -0.1) is 0 Å². The van der Waals surface area contributed by atoms with Gasteiger partial charge in [0.15, 0.2) is 0 Å². The van der Waals surface area contributed by atoms with Crippen LogP contribution in [0.4, 0.5) is 0 Å². The number of hydrogen-bond acceptors (Lipinski definition) is 4. The smallest absolute Gasteiger partial charge is 0.150 e. The van der Waals surface area contributed by atoms with Crippen molar-refractivity contribution in [3.8, 4) is 5.75 Å². The molecule has 2 unspecified atom stereocenters. The van der Waals surface area contributed by atoms with E-state index in [0.717, 1.165) is 5.75 Å². The van der Waals surface area contributed by atoms with Gasteiger partial charge in [0.25, 0.3) is 0 Å². The molecule has 1 aromatic carbocycles. The molecule has 124 valence electrons. The quantitative estimate of drug-likeness (QED) is 0.773. The van der Waals surface area contributed by atoms with Gasteiger partial charge in [-0.2, -0.15) is 0 Å². The zero-order valence-corrected chi connectivity index (χ0v) is 14.4. The van der Waals surface area contributed by atoms with Crippen LogP contribution >= 0.6 is 0 Å². The summed E-state index contributed by atoms with van der Waals surface area (Å²) in [6, 6.07) is 8.10. The number of ether oxygens (including phenoxy) is 2. The second-order valence-corrected chi connectivity index (χ2v) is 8.69. The lowest BCUT2D eigenvalue weighted by atomic mass is 9.99. The van der Waals surface area contributed by atoms with Gasteiger partial charge in [-0.25, -0.2) is 8.42 Å². The molecule has 2 atom stereocenters. The van der Waals surface area contributed by atoms with E-state index in [-0.39, 0.29) is 23.3 Å². The maximum atomic E-state index is 11.8. The first-order valence-corrected chi connectivity index (χ1v) is 9.74. The van der Waals surface area contributed by atoms with Gasteiger partial charge < -0.3 is 9.47 Å². The van der Waals surface area contributed by atoms with E-state index in [1.165, 1.54) is 5.56 Å². The van der Waals surface area contributed by atoms with Gasteiger partial charge in [0.1, 0.15) is 15.6 Å². The summed E-state index contributed by atoms with van der Waals surface area (Å²) < 4.78 is 34.8. The molecular formula is C17H26O4S. The maximum Gasteiger partial charge on any atom is 0.150 e. The van der Waals surface area contributed by atoms with Crippen molar-refractivity contribution in [1.29, 1.82) is 0 Å². The molecule has 0 N–H and O–H groups in total. The van der Waals surface area contributed by atoms with Crippen LogP contribution in [0.3, 0.4) is 0 Å². The van der Waals surface area contributed by atoms with Crippen LogP contribution in [-0.4, -0.2) is 39.7 Å². The van der Waals surface area contributed by atoms with E-state index >= 15 is 0 Å². The van der Waals surface area contributed by atoms with E-state index in [2.05, 4.69) is 26.0 Å². The summed E-state index contributed by atoms with van der Waals surface area (Å²) in [5, 5.41) is 0. The van der Waals surface area contributed by atoms with E-state index in [9.17, 15) is 8.42 Å². The third-order valence-electron chi connectivity index (χ3n) is 4.25. The lowest BCUT2D eigenvalue weighted by Gasteiger charge is -2.18. The van der Waals surface area contributed by atoms with Gasteiger partial charge in [0.2, 0.25) is 0 Å². The summed E-state index contributed by atoms with van der Waals surface area (Å²) in [5.74, 6) is 1.90. The van der Waals surface area contributed by atoms with Crippen molar-refractivity contribution in [3.63, 3.8) is 0 Å². The number of benzene rings is 1. The molecule has 4 nitrogen and oxygen atoms in total. The Balaban J connectivity index is 1.90. The maximum absolute atomic E-state index is 11.8. The molecule has 1 aliphatic heterocycles. The zero-order valence-electron chi connectivity index (χ0n) is 13.6. The Morgan fingerprint density at radius 3 is 2.41 bits per heavy atom. The van der Waals surface area contributed by atoms with Crippen LogP contribution < -0.4 is 4.74 Å². The molecule has 0 saturated carbocycles. The molecule has 0 amide bonds. The summed E-state index contributed by atoms with van der Waals surface area (Å²) in [6.45, 7) is 7.60. The molecule has 1 aliphatic rings. The van der Waals surface area contributed by atoms with Crippen molar-refractivity contribution >= 4 is 9.84 Å². The highest BCUT2D eigenvalue weighted by Gasteiger charge is 2.32. The fourth-order valence-electron chi connectivity index (χ4n) is 2.61. The lowest BCUT2D eigenvalue weighted by molar-refractivity contribution is 0.167. The molecule has 1 heterocycles. The summed E-state index contributed by atoms with van der Waals surface area (Å²) in [6.07, 6.45) is 0. The molecule has 1 saturated heterocycles. The van der Waals surface area contributed by atoms with Crippen molar-refractivity contribution in [2.75, 3.05) is 31.3 Å². The molecule has 0 aliphatic carbocycles. The van der Waals surface area contributed by atoms with E-state index in [1.54, 1.807) is 6.92 Å². The Kier molecular flexibility index (Phi) is 5.87. The van der Waals surface area contributed by atoms with E-state index in [0.29, 0.717) is 25.7 Å². The van der Waals surface area contributed by atoms with Crippen molar-refractivity contribution in [2.45, 2.75) is 26.7 Å². The van der Waals surface area contributed by atoms with Crippen LogP contribution in [0.2, 0.25) is 0 Å². The minimum absolute atomic E-state index is 0.0416. The summed E-state index contributed by atoms with van der Waals surface area (Å²) in [5.41, 5.74) is 1.28. The highest BCUT2D eigenvalue weighted by atomic mass is 32.2. The predicted octanol–water partition coefficient (Wildman–Crippen LogP) is 2.89. The number of sulfone groups is 1. The van der Waals surface area contributed by atoms with Crippen molar-refractivity contribution < 1.29 is 17.9 Å². The minimum Gasteiger partial charge on any atom is -0.493 e. The standard InChI is InChI=1S/C17H26O4S/c1-4-22(18,19)12-16-10-20-9-15(16)11-21-17-7-5-14(6-8-17)13(2)3/h5-8,13,15-16H,4,9-12H2,1-3H3. The molecule has 2 rings (SSSR count). The number of hydrogen-bond donors (Lipinski definition) is 0. The first-order chi connectivity index (χ1) is 10.4. The third-order valence-corrected chi connectivity index (χ3v) is 6.06. The van der Waals surface area contributed by atoms with Gasteiger partial charge >= 0.3 is 0 Å². The number of rotatable bonds is 7. The van der Waals surface area contributed by atoms with Gasteiger partial charge in [-0.05, 0) is 23.6 Å². The molecule has 22 heavy (non-hydrogen) atoms. The molecule has 1 fully saturated rings. The average molecular weight is 326 g/mol. The third kappa shape index (κ3) is 4.71. The highest BCUT2D eigenvalue weighted by Crippen LogP contribution is 2.25. The Hall–Kier alpha value is -1.07. The van der Waals surface area contributed by atoms with Crippen molar-refractivity contribution in [3.05, 3.63) is 29.8 Å². The van der Waals surface area contributed by atoms with Crippen LogP contribution in [0, 0.1) is 11.8 Å². The zero-order chi connectivity index (χ0) is 16.2. The van der Waals surface area contributed by atoms with Crippen LogP contribution in [0.5, 0.6) is 5.75 Å². The van der Waals surface area contributed by atoms with Gasteiger partial charge in [0.05, 0.1) is 25.6 Å². The normalized spacial score (nSPS) is 22.2. The molecule has 0 bridgehead atoms. The monoisotopic (exact) mass is 326 g/mol. The molecular weight excluding hydrogens is 300 g/mol. The van der Waals surface area contributed by atoms with Gasteiger partial charge in [-0.1, -0.05) is 32.9 Å². The first kappa shape index (κ1) is 17.3. The van der Waals surface area contributed by atoms with E-state index < -0.39 is 9.84 Å². The SMILES string of the molecule is CCS(=O)(=O)CC1COCC1COc1ccc(C(C)C)cc1. The van der Waals surface area contributed by atoms with Gasteiger partial charge in [0, 0.05) is 17.6 Å². The average Bonchev–Trinajstić information content (AvgIpc) is 2.92. The predicted molar refractivity (Wildman–Crippen MR) is 88.2 cm³/mol. The second kappa shape index (κ2) is 7.47. The van der Waals surface area contributed by atoms with Gasteiger partial charge in [-0.3, -0.25) is 0 Å². The second-order valence-electron chi connectivity index (χ2n) is 6.29. The Morgan fingerprint density at radius 2 is 1.82 bits per heavy atom. The Morgan fingerprint density at radius 1 is 1.18 bits per heavy atom. The molecule has 0 radical (unpaired) electrons. The topological polar surface area (TPSA) is 52.6 Å². The van der Waals surface area contributed by atoms with Crippen LogP contribution in [0.25, 0.3) is 0 Å². The summed E-state index contributed by atoms with van der Waals surface area (Å²) in [7, 11) is -2.97. The molecule has 1 aromatic rings. The lowest BCUT2D eigenvalue weighted by Crippen LogP contribution is -2.27. The van der Waals surface area contributed by atoms with Crippen molar-refractivity contribution in [1.82, 2.24) is 0 Å². The first-order valence-electron chi connectivity index (χ1n) is 7.92. The van der Waals surface area contributed by atoms with Crippen LogP contribution in [0.1, 0.15) is 32.3 Å². The van der Waals surface area contributed by atoms with Crippen LogP contribution in [-0.2, 0) is 14.6 Å². The summed E-state index contributed by atoms with van der Waals surface area (Å²) >= 11 is 0. The molecule has 0 aromatic heterocycles. The van der Waals surface area contributed by atoms with E-state index in [4.69, 9.17) is 9.47 Å². The van der Waals surface area contributed by atoms with E-state index in [1.807, 2.05) is 12.1 Å². The summed E-state index contributed by atoms with van der Waals surface area (Å²) in [4.78, 5) is 0.